The van der Waals surface area contributed by atoms with Gasteiger partial charge >= 0.3 is 5.97 Å². The highest BCUT2D eigenvalue weighted by Crippen LogP contribution is 2.19. The Balaban J connectivity index is 2.74. The Morgan fingerprint density at radius 1 is 1.42 bits per heavy atom. The van der Waals surface area contributed by atoms with Crippen molar-refractivity contribution in [2.75, 3.05) is 18.5 Å². The monoisotopic (exact) mass is 265 g/mol. The summed E-state index contributed by atoms with van der Waals surface area (Å²) in [4.78, 5) is 20.1. The van der Waals surface area contributed by atoms with Crippen molar-refractivity contribution in [3.63, 3.8) is 0 Å². The van der Waals surface area contributed by atoms with E-state index < -0.39 is 0 Å². The summed E-state index contributed by atoms with van der Waals surface area (Å²) in [5, 5.41) is 3.20. The Labute approximate surface area is 114 Å². The molecule has 1 aromatic heterocycles. The number of carbonyl (C=O) groups is 1. The van der Waals surface area contributed by atoms with E-state index in [-0.39, 0.29) is 11.4 Å². The van der Waals surface area contributed by atoms with Crippen LogP contribution in [0.3, 0.4) is 0 Å². The maximum Gasteiger partial charge on any atom is 0.341 e. The maximum absolute atomic E-state index is 11.6. The standard InChI is InChI=1S/C14H23N3O2/c1-6-14(4,5)9-16-13-15-8-11(10(3)17-13)12(18)19-7-2/h8H,6-7,9H2,1-5H3,(H,15,16,17). The molecule has 0 atom stereocenters. The molecule has 0 bridgehead atoms. The lowest BCUT2D eigenvalue weighted by atomic mass is 9.90. The summed E-state index contributed by atoms with van der Waals surface area (Å²) in [6.07, 6.45) is 2.58. The van der Waals surface area contributed by atoms with Crippen LogP contribution in [0.15, 0.2) is 6.20 Å². The number of esters is 1. The number of rotatable bonds is 6. The van der Waals surface area contributed by atoms with Gasteiger partial charge in [0.25, 0.3) is 0 Å². The molecule has 0 aliphatic heterocycles. The summed E-state index contributed by atoms with van der Waals surface area (Å²) in [5.74, 6) is 0.174. The Bertz CT molecular complexity index is 444. The molecule has 0 aromatic carbocycles. The van der Waals surface area contributed by atoms with Crippen LogP contribution >= 0.6 is 0 Å². The summed E-state index contributed by atoms with van der Waals surface area (Å²) >= 11 is 0. The second-order valence-electron chi connectivity index (χ2n) is 5.28. The average Bonchev–Trinajstić information content (AvgIpc) is 2.37. The molecule has 0 fully saturated rings. The predicted molar refractivity (Wildman–Crippen MR) is 75.3 cm³/mol. The van der Waals surface area contributed by atoms with E-state index in [2.05, 4.69) is 36.1 Å². The van der Waals surface area contributed by atoms with Crippen LogP contribution < -0.4 is 5.32 Å². The topological polar surface area (TPSA) is 64.1 Å². The summed E-state index contributed by atoms with van der Waals surface area (Å²) < 4.78 is 4.94. The van der Waals surface area contributed by atoms with Gasteiger partial charge in [-0.15, -0.1) is 0 Å². The molecule has 106 valence electrons. The normalized spacial score (nSPS) is 11.2. The molecule has 0 radical (unpaired) electrons. The fourth-order valence-corrected chi connectivity index (χ4v) is 1.40. The third-order valence-corrected chi connectivity index (χ3v) is 3.16. The lowest BCUT2D eigenvalue weighted by Gasteiger charge is -2.22. The van der Waals surface area contributed by atoms with Crippen LogP contribution in [0.1, 0.15) is 50.2 Å². The summed E-state index contributed by atoms with van der Waals surface area (Å²) in [7, 11) is 0. The van der Waals surface area contributed by atoms with Crippen molar-refractivity contribution in [3.8, 4) is 0 Å². The first-order valence-electron chi connectivity index (χ1n) is 6.64. The van der Waals surface area contributed by atoms with Crippen molar-refractivity contribution < 1.29 is 9.53 Å². The highest BCUT2D eigenvalue weighted by molar-refractivity contribution is 5.90. The molecule has 0 aliphatic carbocycles. The number of aromatic nitrogens is 2. The second kappa shape index (κ2) is 6.50. The van der Waals surface area contributed by atoms with Crippen LogP contribution in [0.25, 0.3) is 0 Å². The Morgan fingerprint density at radius 3 is 2.63 bits per heavy atom. The van der Waals surface area contributed by atoms with Gasteiger partial charge in [-0.25, -0.2) is 14.8 Å². The lowest BCUT2D eigenvalue weighted by Crippen LogP contribution is -2.23. The molecule has 0 saturated heterocycles. The number of carbonyl (C=O) groups excluding carboxylic acids is 1. The summed E-state index contributed by atoms with van der Waals surface area (Å²) in [6, 6.07) is 0. The van der Waals surface area contributed by atoms with Crippen LogP contribution in [0.4, 0.5) is 5.95 Å². The van der Waals surface area contributed by atoms with Gasteiger partial charge in [-0.3, -0.25) is 0 Å². The van der Waals surface area contributed by atoms with Gasteiger partial charge in [0, 0.05) is 12.7 Å². The van der Waals surface area contributed by atoms with E-state index in [9.17, 15) is 4.79 Å². The second-order valence-corrected chi connectivity index (χ2v) is 5.28. The van der Waals surface area contributed by atoms with E-state index in [1.54, 1.807) is 13.8 Å². The largest absolute Gasteiger partial charge is 0.462 e. The molecular weight excluding hydrogens is 242 g/mol. The van der Waals surface area contributed by atoms with Crippen LogP contribution in [0.5, 0.6) is 0 Å². The fourth-order valence-electron chi connectivity index (χ4n) is 1.40. The predicted octanol–water partition coefficient (Wildman–Crippen LogP) is 2.81. The molecule has 5 nitrogen and oxygen atoms in total. The zero-order valence-electron chi connectivity index (χ0n) is 12.4. The van der Waals surface area contributed by atoms with Gasteiger partial charge in [0.15, 0.2) is 0 Å². The zero-order valence-corrected chi connectivity index (χ0v) is 12.4. The Hall–Kier alpha value is -1.65. The molecule has 0 aliphatic rings. The quantitative estimate of drug-likeness (QED) is 0.801. The number of nitrogens with one attached hydrogen (secondary N) is 1. The number of aryl methyl sites for hydroxylation is 1. The Kier molecular flexibility index (Phi) is 5.27. The third kappa shape index (κ3) is 4.50. The van der Waals surface area contributed by atoms with Gasteiger partial charge in [0.05, 0.1) is 17.9 Å². The first-order valence-corrected chi connectivity index (χ1v) is 6.64. The third-order valence-electron chi connectivity index (χ3n) is 3.16. The Morgan fingerprint density at radius 2 is 2.11 bits per heavy atom. The minimum Gasteiger partial charge on any atom is -0.462 e. The number of anilines is 1. The molecule has 1 heterocycles. The van der Waals surface area contributed by atoms with Crippen LogP contribution in [-0.2, 0) is 4.74 Å². The average molecular weight is 265 g/mol. The van der Waals surface area contributed by atoms with Gasteiger partial charge in [-0.05, 0) is 25.7 Å². The molecule has 0 amide bonds. The van der Waals surface area contributed by atoms with Gasteiger partial charge in [0.2, 0.25) is 5.95 Å². The number of hydrogen-bond donors (Lipinski definition) is 1. The van der Waals surface area contributed by atoms with Crippen LogP contribution in [0.2, 0.25) is 0 Å². The molecule has 0 unspecified atom stereocenters. The molecule has 5 heteroatoms. The van der Waals surface area contributed by atoms with Crippen molar-refractivity contribution in [1.29, 1.82) is 0 Å². The minimum atomic E-state index is -0.375. The van der Waals surface area contributed by atoms with Crippen LogP contribution in [0, 0.1) is 12.3 Å². The molecule has 0 saturated carbocycles. The van der Waals surface area contributed by atoms with E-state index >= 15 is 0 Å². The van der Waals surface area contributed by atoms with Crippen molar-refractivity contribution in [2.45, 2.75) is 41.0 Å². The van der Waals surface area contributed by atoms with E-state index in [0.29, 0.717) is 23.8 Å². The lowest BCUT2D eigenvalue weighted by molar-refractivity contribution is 0.0524. The minimum absolute atomic E-state index is 0.192. The van der Waals surface area contributed by atoms with E-state index in [1.165, 1.54) is 6.20 Å². The molecule has 19 heavy (non-hydrogen) atoms. The zero-order chi connectivity index (χ0) is 14.5. The number of nitrogens with zero attached hydrogens (tertiary/aromatic N) is 2. The van der Waals surface area contributed by atoms with Gasteiger partial charge in [0.1, 0.15) is 0 Å². The molecule has 1 N–H and O–H groups in total. The maximum atomic E-state index is 11.6. The summed E-state index contributed by atoms with van der Waals surface area (Å²) in [5.41, 5.74) is 1.24. The first-order chi connectivity index (χ1) is 8.89. The number of ether oxygens (including phenoxy) is 1. The van der Waals surface area contributed by atoms with E-state index in [4.69, 9.17) is 4.74 Å². The highest BCUT2D eigenvalue weighted by atomic mass is 16.5. The van der Waals surface area contributed by atoms with Crippen molar-refractivity contribution >= 4 is 11.9 Å². The summed E-state index contributed by atoms with van der Waals surface area (Å²) in [6.45, 7) is 11.2. The molecule has 1 rings (SSSR count). The SMILES string of the molecule is CCOC(=O)c1cnc(NCC(C)(C)CC)nc1C. The highest BCUT2D eigenvalue weighted by Gasteiger charge is 2.16. The number of hydrogen-bond acceptors (Lipinski definition) is 5. The van der Waals surface area contributed by atoms with Gasteiger partial charge in [-0.2, -0.15) is 0 Å². The fraction of sp³-hybridized carbons (Fsp3) is 0.643. The smallest absolute Gasteiger partial charge is 0.341 e. The van der Waals surface area contributed by atoms with Crippen molar-refractivity contribution in [3.05, 3.63) is 17.5 Å². The molecule has 1 aromatic rings. The van der Waals surface area contributed by atoms with Crippen molar-refractivity contribution in [2.24, 2.45) is 5.41 Å². The first kappa shape index (κ1) is 15.4. The molecular formula is C14H23N3O2. The van der Waals surface area contributed by atoms with Gasteiger partial charge < -0.3 is 10.1 Å². The van der Waals surface area contributed by atoms with Crippen molar-refractivity contribution in [1.82, 2.24) is 9.97 Å². The van der Waals surface area contributed by atoms with E-state index in [1.807, 2.05) is 0 Å². The van der Waals surface area contributed by atoms with Crippen LogP contribution in [-0.4, -0.2) is 29.1 Å². The van der Waals surface area contributed by atoms with E-state index in [0.717, 1.165) is 13.0 Å². The molecule has 0 spiro atoms. The van der Waals surface area contributed by atoms with Gasteiger partial charge in [-0.1, -0.05) is 20.8 Å².